The van der Waals surface area contributed by atoms with E-state index in [0.29, 0.717) is 23.8 Å². The van der Waals surface area contributed by atoms with Gasteiger partial charge in [-0.25, -0.2) is 18.4 Å². The van der Waals surface area contributed by atoms with E-state index < -0.39 is 15.7 Å². The molecule has 0 spiro atoms. The average molecular weight is 376 g/mol. The van der Waals surface area contributed by atoms with Gasteiger partial charge in [-0.3, -0.25) is 4.79 Å². The second-order valence-electron chi connectivity index (χ2n) is 6.06. The van der Waals surface area contributed by atoms with Gasteiger partial charge >= 0.3 is 0 Å². The number of nitrogens with zero attached hydrogens (tertiary/aromatic N) is 3. The number of carbonyl (C=O) groups excluding carboxylic acids is 1. The smallest absolute Gasteiger partial charge is 0.274 e. The lowest BCUT2D eigenvalue weighted by Gasteiger charge is -2.23. The molecule has 2 heterocycles. The highest BCUT2D eigenvalue weighted by Crippen LogP contribution is 2.24. The van der Waals surface area contributed by atoms with Crippen LogP contribution >= 0.6 is 0 Å². The molecule has 1 aromatic heterocycles. The van der Waals surface area contributed by atoms with Gasteiger partial charge in [-0.2, -0.15) is 0 Å². The van der Waals surface area contributed by atoms with Crippen molar-refractivity contribution in [2.24, 2.45) is 0 Å². The molecule has 26 heavy (non-hydrogen) atoms. The molecule has 0 aliphatic carbocycles. The van der Waals surface area contributed by atoms with Gasteiger partial charge in [0, 0.05) is 19.3 Å². The summed E-state index contributed by atoms with van der Waals surface area (Å²) in [6.45, 7) is 0. The van der Waals surface area contributed by atoms with E-state index in [9.17, 15) is 13.2 Å². The number of amides is 1. The van der Waals surface area contributed by atoms with E-state index in [4.69, 9.17) is 4.74 Å². The molecular formula is C17H20N4O4S. The van der Waals surface area contributed by atoms with Gasteiger partial charge in [-0.15, -0.1) is 0 Å². The van der Waals surface area contributed by atoms with Crippen molar-refractivity contribution in [2.75, 3.05) is 35.9 Å². The van der Waals surface area contributed by atoms with Crippen molar-refractivity contribution in [3.63, 3.8) is 0 Å². The summed E-state index contributed by atoms with van der Waals surface area (Å²) in [6.07, 6.45) is 2.01. The zero-order valence-electron chi connectivity index (χ0n) is 14.5. The molecule has 1 amide bonds. The Bertz CT molecular complexity index is 916. The summed E-state index contributed by atoms with van der Waals surface area (Å²) in [7, 11) is 0.251. The highest BCUT2D eigenvalue weighted by molar-refractivity contribution is 7.91. The fourth-order valence-corrected chi connectivity index (χ4v) is 4.60. The molecular weight excluding hydrogens is 356 g/mol. The number of nitrogens with one attached hydrogen (secondary N) is 1. The summed E-state index contributed by atoms with van der Waals surface area (Å²) in [5.74, 6) is 0.703. The van der Waals surface area contributed by atoms with Gasteiger partial charge in [0.25, 0.3) is 5.91 Å². The topological polar surface area (TPSA) is 101 Å². The molecule has 2 aromatic rings. The van der Waals surface area contributed by atoms with E-state index in [1.54, 1.807) is 30.1 Å². The molecule has 1 atom stereocenters. The van der Waals surface area contributed by atoms with Crippen LogP contribution in [0.2, 0.25) is 0 Å². The van der Waals surface area contributed by atoms with Crippen LogP contribution in [0.3, 0.4) is 0 Å². The number of carbonyl (C=O) groups is 1. The third-order valence-corrected chi connectivity index (χ3v) is 6.05. The van der Waals surface area contributed by atoms with Gasteiger partial charge in [0.05, 0.1) is 24.3 Å². The Balaban J connectivity index is 1.77. The highest BCUT2D eigenvalue weighted by atomic mass is 32.2. The van der Waals surface area contributed by atoms with E-state index in [-0.39, 0.29) is 23.2 Å². The molecule has 1 aliphatic rings. The van der Waals surface area contributed by atoms with Crippen molar-refractivity contribution in [1.29, 1.82) is 0 Å². The van der Waals surface area contributed by atoms with Crippen molar-refractivity contribution < 1.29 is 17.9 Å². The summed E-state index contributed by atoms with van der Waals surface area (Å²) in [4.78, 5) is 22.7. The second kappa shape index (κ2) is 7.28. The van der Waals surface area contributed by atoms with Crippen molar-refractivity contribution in [3.05, 3.63) is 42.2 Å². The van der Waals surface area contributed by atoms with Crippen LogP contribution in [0.15, 0.2) is 36.5 Å². The van der Waals surface area contributed by atoms with Crippen LogP contribution in [-0.2, 0) is 9.84 Å². The maximum Gasteiger partial charge on any atom is 0.274 e. The fraction of sp³-hybridized carbons (Fsp3) is 0.353. The van der Waals surface area contributed by atoms with Gasteiger partial charge in [-0.1, -0.05) is 12.1 Å². The minimum atomic E-state index is -3.01. The summed E-state index contributed by atoms with van der Waals surface area (Å²) >= 11 is 0. The molecule has 0 radical (unpaired) electrons. The predicted octanol–water partition coefficient (Wildman–Crippen LogP) is 1.36. The van der Waals surface area contributed by atoms with Crippen LogP contribution in [0.5, 0.6) is 5.75 Å². The zero-order chi connectivity index (χ0) is 18.7. The molecule has 138 valence electrons. The average Bonchev–Trinajstić information content (AvgIpc) is 3.01. The highest BCUT2D eigenvalue weighted by Gasteiger charge is 2.32. The number of aromatic nitrogens is 2. The number of hydrogen-bond acceptors (Lipinski definition) is 7. The van der Waals surface area contributed by atoms with E-state index in [1.165, 1.54) is 19.4 Å². The van der Waals surface area contributed by atoms with Crippen molar-refractivity contribution in [1.82, 2.24) is 9.97 Å². The van der Waals surface area contributed by atoms with Crippen molar-refractivity contribution in [2.45, 2.75) is 12.5 Å². The molecule has 9 heteroatoms. The number of hydrogen-bond donors (Lipinski definition) is 1. The first kappa shape index (κ1) is 18.1. The third kappa shape index (κ3) is 3.93. The lowest BCUT2D eigenvalue weighted by Crippen LogP contribution is -2.34. The van der Waals surface area contributed by atoms with Crippen LogP contribution in [0, 0.1) is 0 Å². The van der Waals surface area contributed by atoms with E-state index in [0.717, 1.165) is 0 Å². The first-order valence-electron chi connectivity index (χ1n) is 8.10. The lowest BCUT2D eigenvalue weighted by molar-refractivity contribution is 0.102. The summed E-state index contributed by atoms with van der Waals surface area (Å²) in [5, 5.41) is 2.76. The van der Waals surface area contributed by atoms with Crippen LogP contribution in [0.1, 0.15) is 16.9 Å². The molecule has 0 bridgehead atoms. The number of methoxy groups -OCH3 is 1. The first-order valence-corrected chi connectivity index (χ1v) is 9.92. The summed E-state index contributed by atoms with van der Waals surface area (Å²) in [5.41, 5.74) is 0.726. The normalized spacial score (nSPS) is 18.3. The molecule has 1 aliphatic heterocycles. The Hall–Kier alpha value is -2.68. The van der Waals surface area contributed by atoms with Gasteiger partial charge in [0.15, 0.2) is 9.84 Å². The zero-order valence-corrected chi connectivity index (χ0v) is 15.4. The molecule has 1 fully saturated rings. The first-order chi connectivity index (χ1) is 12.4. The largest absolute Gasteiger partial charge is 0.495 e. The van der Waals surface area contributed by atoms with Gasteiger partial charge in [-0.05, 0) is 24.6 Å². The lowest BCUT2D eigenvalue weighted by atomic mass is 10.2. The second-order valence-corrected chi connectivity index (χ2v) is 8.29. The molecule has 0 saturated carbocycles. The Morgan fingerprint density at radius 1 is 1.31 bits per heavy atom. The van der Waals surface area contributed by atoms with Gasteiger partial charge < -0.3 is 15.0 Å². The van der Waals surface area contributed by atoms with Crippen molar-refractivity contribution >= 4 is 27.4 Å². The Kier molecular flexibility index (Phi) is 5.08. The van der Waals surface area contributed by atoms with Gasteiger partial charge in [0.2, 0.25) is 5.95 Å². The van der Waals surface area contributed by atoms with Crippen LogP contribution in [0.4, 0.5) is 11.6 Å². The Labute approximate surface area is 152 Å². The molecule has 1 N–H and O–H groups in total. The fourth-order valence-electron chi connectivity index (χ4n) is 2.82. The molecule has 1 aromatic carbocycles. The van der Waals surface area contributed by atoms with Crippen LogP contribution < -0.4 is 15.0 Å². The maximum absolute atomic E-state index is 12.5. The monoisotopic (exact) mass is 376 g/mol. The number of sulfone groups is 1. The van der Waals surface area contributed by atoms with E-state index in [2.05, 4.69) is 15.3 Å². The predicted molar refractivity (Wildman–Crippen MR) is 98.4 cm³/mol. The quantitative estimate of drug-likeness (QED) is 0.841. The molecule has 1 saturated heterocycles. The van der Waals surface area contributed by atoms with E-state index >= 15 is 0 Å². The number of benzene rings is 1. The molecule has 3 rings (SSSR count). The summed E-state index contributed by atoms with van der Waals surface area (Å²) in [6, 6.07) is 8.39. The third-order valence-electron chi connectivity index (χ3n) is 4.30. The Morgan fingerprint density at radius 2 is 2.08 bits per heavy atom. The van der Waals surface area contributed by atoms with Gasteiger partial charge in [0.1, 0.15) is 11.4 Å². The number of para-hydroxylation sites is 2. The Morgan fingerprint density at radius 3 is 2.77 bits per heavy atom. The van der Waals surface area contributed by atoms with Crippen molar-refractivity contribution in [3.8, 4) is 5.75 Å². The van der Waals surface area contributed by atoms with Crippen LogP contribution in [0.25, 0.3) is 0 Å². The minimum absolute atomic E-state index is 0.0739. The number of anilines is 2. The summed E-state index contributed by atoms with van der Waals surface area (Å²) < 4.78 is 28.6. The minimum Gasteiger partial charge on any atom is -0.495 e. The number of rotatable bonds is 5. The standard InChI is InChI=1S/C17H20N4O4S/c1-21(12-8-10-26(23,24)11-12)17-18-9-7-14(20-17)16(22)19-13-5-3-4-6-15(13)25-2/h3-7,9,12H,8,10-11H2,1-2H3,(H,19,22). The van der Waals surface area contributed by atoms with Crippen LogP contribution in [-0.4, -0.2) is 56.0 Å². The van der Waals surface area contributed by atoms with E-state index in [1.807, 2.05) is 6.07 Å². The SMILES string of the molecule is COc1ccccc1NC(=O)c1ccnc(N(C)C2CCS(=O)(=O)C2)n1. The number of ether oxygens (including phenoxy) is 1. The molecule has 8 nitrogen and oxygen atoms in total. The molecule has 1 unspecified atom stereocenters. The maximum atomic E-state index is 12.5.